The lowest BCUT2D eigenvalue weighted by Crippen LogP contribution is -2.10. The zero-order valence-electron chi connectivity index (χ0n) is 11.0. The standard InChI is InChI=1S/2C7H7NO2.H2O/c2*8-7(10)5-1-3-6(9)4-2-5;/h2*1-4,9H,(H2,8,10);1H2. The predicted octanol–water partition coefficient (Wildman–Crippen LogP) is 0.157. The van der Waals surface area contributed by atoms with Gasteiger partial charge in [-0.3, -0.25) is 9.59 Å². The zero-order valence-corrected chi connectivity index (χ0v) is 11.0. The third-order valence-electron chi connectivity index (χ3n) is 2.30. The van der Waals surface area contributed by atoms with Crippen molar-refractivity contribution in [2.75, 3.05) is 0 Å². The van der Waals surface area contributed by atoms with Crippen LogP contribution in [0.25, 0.3) is 0 Å². The maximum absolute atomic E-state index is 10.5. The minimum absolute atomic E-state index is 0. The molecule has 0 heterocycles. The molecule has 2 aromatic carbocycles. The maximum Gasteiger partial charge on any atom is 0.248 e. The summed E-state index contributed by atoms with van der Waals surface area (Å²) in [5.41, 5.74) is 10.7. The normalized spacial score (nSPS) is 8.76. The molecule has 7 nitrogen and oxygen atoms in total. The van der Waals surface area contributed by atoms with Crippen LogP contribution >= 0.6 is 0 Å². The van der Waals surface area contributed by atoms with Crippen molar-refractivity contribution >= 4 is 11.8 Å². The molecule has 2 rings (SSSR count). The Morgan fingerprint density at radius 1 is 0.667 bits per heavy atom. The summed E-state index contributed by atoms with van der Waals surface area (Å²) in [5, 5.41) is 17.6. The van der Waals surface area contributed by atoms with Crippen molar-refractivity contribution in [1.82, 2.24) is 0 Å². The molecule has 0 aliphatic rings. The lowest BCUT2D eigenvalue weighted by atomic mass is 10.2. The van der Waals surface area contributed by atoms with Crippen molar-refractivity contribution in [2.45, 2.75) is 0 Å². The van der Waals surface area contributed by atoms with Crippen LogP contribution in [0.1, 0.15) is 20.7 Å². The van der Waals surface area contributed by atoms with Crippen LogP contribution in [0.15, 0.2) is 48.5 Å². The molecule has 0 saturated carbocycles. The molecule has 0 radical (unpaired) electrons. The van der Waals surface area contributed by atoms with E-state index in [4.69, 9.17) is 21.7 Å². The molecule has 0 aliphatic carbocycles. The van der Waals surface area contributed by atoms with E-state index in [1.54, 1.807) is 0 Å². The molecule has 0 aromatic heterocycles. The summed E-state index contributed by atoms with van der Waals surface area (Å²) < 4.78 is 0. The SMILES string of the molecule is NC(=O)c1ccc(O)cc1.NC(=O)c1ccc(O)cc1.O. The molecule has 0 bridgehead atoms. The second-order valence-electron chi connectivity index (χ2n) is 3.82. The van der Waals surface area contributed by atoms with E-state index in [1.807, 2.05) is 0 Å². The van der Waals surface area contributed by atoms with E-state index in [1.165, 1.54) is 48.5 Å². The zero-order chi connectivity index (χ0) is 15.1. The molecule has 21 heavy (non-hydrogen) atoms. The van der Waals surface area contributed by atoms with Crippen LogP contribution in [0, 0.1) is 0 Å². The predicted molar refractivity (Wildman–Crippen MR) is 76.9 cm³/mol. The highest BCUT2D eigenvalue weighted by molar-refractivity contribution is 5.93. The van der Waals surface area contributed by atoms with Gasteiger partial charge in [0.1, 0.15) is 11.5 Å². The molecule has 112 valence electrons. The summed E-state index contributed by atoms with van der Waals surface area (Å²) in [6.45, 7) is 0. The molecule has 0 atom stereocenters. The van der Waals surface area contributed by atoms with Crippen LogP contribution in [0.3, 0.4) is 0 Å². The second-order valence-corrected chi connectivity index (χ2v) is 3.82. The van der Waals surface area contributed by atoms with Crippen LogP contribution in [0.5, 0.6) is 11.5 Å². The maximum atomic E-state index is 10.5. The van der Waals surface area contributed by atoms with E-state index in [0.29, 0.717) is 11.1 Å². The first-order chi connectivity index (χ1) is 9.40. The number of aromatic hydroxyl groups is 2. The Morgan fingerprint density at radius 3 is 1.10 bits per heavy atom. The summed E-state index contributed by atoms with van der Waals surface area (Å²) in [6, 6.07) is 11.5. The number of carbonyl (C=O) groups is 2. The van der Waals surface area contributed by atoms with Gasteiger partial charge in [-0.1, -0.05) is 0 Å². The topological polar surface area (TPSA) is 158 Å². The van der Waals surface area contributed by atoms with E-state index < -0.39 is 11.8 Å². The second kappa shape index (κ2) is 8.18. The van der Waals surface area contributed by atoms with Crippen molar-refractivity contribution < 1.29 is 25.3 Å². The number of primary amides is 2. The Morgan fingerprint density at radius 2 is 0.905 bits per heavy atom. The number of phenols is 2. The molecular formula is C14H16N2O5. The average Bonchev–Trinajstić information content (AvgIpc) is 2.40. The van der Waals surface area contributed by atoms with Crippen molar-refractivity contribution in [2.24, 2.45) is 11.5 Å². The van der Waals surface area contributed by atoms with Crippen LogP contribution in [-0.2, 0) is 0 Å². The van der Waals surface area contributed by atoms with Crippen molar-refractivity contribution in [1.29, 1.82) is 0 Å². The molecule has 2 amide bonds. The van der Waals surface area contributed by atoms with Crippen LogP contribution in [0.4, 0.5) is 0 Å². The number of hydrogen-bond acceptors (Lipinski definition) is 4. The highest BCUT2D eigenvalue weighted by Gasteiger charge is 1.97. The summed E-state index contributed by atoms with van der Waals surface area (Å²) in [4.78, 5) is 20.9. The molecule has 8 N–H and O–H groups in total. The fourth-order valence-electron chi connectivity index (χ4n) is 1.25. The summed E-state index contributed by atoms with van der Waals surface area (Å²) in [7, 11) is 0. The van der Waals surface area contributed by atoms with Crippen LogP contribution in [0.2, 0.25) is 0 Å². The van der Waals surface area contributed by atoms with Gasteiger partial charge < -0.3 is 27.2 Å². The van der Waals surface area contributed by atoms with E-state index in [2.05, 4.69) is 0 Å². The smallest absolute Gasteiger partial charge is 0.248 e. The molecule has 7 heteroatoms. The first-order valence-electron chi connectivity index (χ1n) is 5.58. The number of rotatable bonds is 2. The fourth-order valence-corrected chi connectivity index (χ4v) is 1.25. The van der Waals surface area contributed by atoms with Gasteiger partial charge in [-0.05, 0) is 48.5 Å². The Balaban J connectivity index is 0.000000364. The Hall–Kier alpha value is -3.06. The Bertz CT molecular complexity index is 538. The fraction of sp³-hybridized carbons (Fsp3) is 0. The lowest BCUT2D eigenvalue weighted by molar-refractivity contribution is 0.0992. The largest absolute Gasteiger partial charge is 0.508 e. The van der Waals surface area contributed by atoms with Gasteiger partial charge in [0.15, 0.2) is 0 Å². The van der Waals surface area contributed by atoms with Crippen molar-refractivity contribution in [3.8, 4) is 11.5 Å². The van der Waals surface area contributed by atoms with E-state index >= 15 is 0 Å². The van der Waals surface area contributed by atoms with Crippen LogP contribution < -0.4 is 11.5 Å². The molecular weight excluding hydrogens is 276 g/mol. The number of phenolic OH excluding ortho intramolecular Hbond substituents is 2. The molecule has 2 aromatic rings. The minimum atomic E-state index is -0.486. The quantitative estimate of drug-likeness (QED) is 0.621. The highest BCUT2D eigenvalue weighted by atomic mass is 16.3. The number of nitrogens with two attached hydrogens (primary N) is 2. The first kappa shape index (κ1) is 17.9. The summed E-state index contributed by atoms with van der Waals surface area (Å²) in [5.74, 6) is -0.713. The summed E-state index contributed by atoms with van der Waals surface area (Å²) >= 11 is 0. The van der Waals surface area contributed by atoms with Gasteiger partial charge in [0.05, 0.1) is 0 Å². The molecule has 0 fully saturated rings. The number of benzene rings is 2. The van der Waals surface area contributed by atoms with E-state index in [0.717, 1.165) is 0 Å². The van der Waals surface area contributed by atoms with Crippen molar-refractivity contribution in [3.05, 3.63) is 59.7 Å². The van der Waals surface area contributed by atoms with Crippen molar-refractivity contribution in [3.63, 3.8) is 0 Å². The third kappa shape index (κ3) is 6.08. The molecule has 0 unspecified atom stereocenters. The van der Waals surface area contributed by atoms with Gasteiger partial charge in [-0.25, -0.2) is 0 Å². The molecule has 0 saturated heterocycles. The monoisotopic (exact) mass is 292 g/mol. The van der Waals surface area contributed by atoms with Gasteiger partial charge in [-0.2, -0.15) is 0 Å². The average molecular weight is 292 g/mol. The van der Waals surface area contributed by atoms with Gasteiger partial charge in [0.25, 0.3) is 0 Å². The Labute approximate surface area is 120 Å². The third-order valence-corrected chi connectivity index (χ3v) is 2.30. The minimum Gasteiger partial charge on any atom is -0.508 e. The van der Waals surface area contributed by atoms with Gasteiger partial charge >= 0.3 is 0 Å². The van der Waals surface area contributed by atoms with Crippen LogP contribution in [-0.4, -0.2) is 27.5 Å². The lowest BCUT2D eigenvalue weighted by Gasteiger charge is -1.93. The van der Waals surface area contributed by atoms with Gasteiger partial charge in [0, 0.05) is 11.1 Å². The molecule has 0 aliphatic heterocycles. The highest BCUT2D eigenvalue weighted by Crippen LogP contribution is 2.09. The molecule has 0 spiro atoms. The number of amides is 2. The number of hydrogen-bond donors (Lipinski definition) is 4. The van der Waals surface area contributed by atoms with E-state index in [-0.39, 0.29) is 17.0 Å². The van der Waals surface area contributed by atoms with E-state index in [9.17, 15) is 9.59 Å². The van der Waals surface area contributed by atoms with Gasteiger partial charge in [0.2, 0.25) is 11.8 Å². The first-order valence-corrected chi connectivity index (χ1v) is 5.58. The number of carbonyl (C=O) groups excluding carboxylic acids is 2. The Kier molecular flexibility index (Phi) is 6.99. The van der Waals surface area contributed by atoms with Gasteiger partial charge in [-0.15, -0.1) is 0 Å². The summed E-state index contributed by atoms with van der Waals surface area (Å²) in [6.07, 6.45) is 0.